The SMILES string of the molecule is NC(NC(NCc1ccc(C2=CCNc3ccccc32)cc1)c1cccc2ccccc12)c1ccc(-c2cccc3cccnc23)cc1. The Bertz CT molecular complexity index is 2230. The summed E-state index contributed by atoms with van der Waals surface area (Å²) in [4.78, 5) is 4.65. The molecule has 0 radical (unpaired) electrons. The summed E-state index contributed by atoms with van der Waals surface area (Å²) in [5, 5.41) is 14.5. The van der Waals surface area contributed by atoms with Gasteiger partial charge in [-0.05, 0) is 56.3 Å². The van der Waals surface area contributed by atoms with E-state index in [1.54, 1.807) is 0 Å². The van der Waals surface area contributed by atoms with Gasteiger partial charge >= 0.3 is 0 Å². The molecule has 2 unspecified atom stereocenters. The molecule has 0 fully saturated rings. The van der Waals surface area contributed by atoms with Gasteiger partial charge in [-0.2, -0.15) is 0 Å². The van der Waals surface area contributed by atoms with Crippen LogP contribution in [0.4, 0.5) is 5.69 Å². The molecule has 2 atom stereocenters. The number of nitrogens with one attached hydrogen (secondary N) is 3. The predicted octanol–water partition coefficient (Wildman–Crippen LogP) is 8.95. The number of hydrogen-bond acceptors (Lipinski definition) is 5. The van der Waals surface area contributed by atoms with E-state index in [1.807, 2.05) is 12.3 Å². The lowest BCUT2D eigenvalue weighted by molar-refractivity contribution is 0.388. The lowest BCUT2D eigenvalue weighted by Gasteiger charge is -2.26. The van der Waals surface area contributed by atoms with E-state index in [2.05, 4.69) is 167 Å². The Morgan fingerprint density at radius 1 is 0.667 bits per heavy atom. The van der Waals surface area contributed by atoms with Crippen LogP contribution in [0.2, 0.25) is 0 Å². The molecule has 0 spiro atoms. The number of nitrogens with two attached hydrogens (primary N) is 1. The van der Waals surface area contributed by atoms with E-state index >= 15 is 0 Å². The first-order valence-corrected chi connectivity index (χ1v) is 16.5. The molecule has 5 N–H and O–H groups in total. The molecule has 0 amide bonds. The van der Waals surface area contributed by atoms with E-state index < -0.39 is 6.17 Å². The van der Waals surface area contributed by atoms with Gasteiger partial charge in [0.2, 0.25) is 0 Å². The first-order chi connectivity index (χ1) is 23.7. The minimum absolute atomic E-state index is 0.188. The van der Waals surface area contributed by atoms with Gasteiger partial charge in [0.15, 0.2) is 0 Å². The number of anilines is 1. The fraction of sp³-hybridized carbons (Fsp3) is 0.0930. The van der Waals surface area contributed by atoms with Crippen molar-refractivity contribution in [3.63, 3.8) is 0 Å². The Hall–Kier alpha value is -5.59. The molecule has 2 heterocycles. The van der Waals surface area contributed by atoms with Crippen LogP contribution in [-0.4, -0.2) is 11.5 Å². The van der Waals surface area contributed by atoms with E-state index in [-0.39, 0.29) is 6.17 Å². The lowest BCUT2D eigenvalue weighted by Crippen LogP contribution is -2.39. The summed E-state index contributed by atoms with van der Waals surface area (Å²) in [5.74, 6) is 0. The second kappa shape index (κ2) is 13.3. The van der Waals surface area contributed by atoms with Gasteiger partial charge in [-0.25, -0.2) is 0 Å². The number of fused-ring (bicyclic) bond motifs is 3. The molecule has 5 nitrogen and oxygen atoms in total. The number of hydrogen-bond donors (Lipinski definition) is 4. The van der Waals surface area contributed by atoms with Crippen LogP contribution in [0.5, 0.6) is 0 Å². The molecular formula is C43H37N5. The minimum atomic E-state index is -0.393. The van der Waals surface area contributed by atoms with Crippen molar-refractivity contribution < 1.29 is 0 Å². The minimum Gasteiger partial charge on any atom is -0.381 e. The number of benzene rings is 6. The smallest absolute Gasteiger partial charge is 0.0858 e. The third kappa shape index (κ3) is 5.98. The zero-order valence-electron chi connectivity index (χ0n) is 26.6. The first kappa shape index (κ1) is 29.8. The molecule has 7 aromatic rings. The van der Waals surface area contributed by atoms with Gasteiger partial charge in [-0.1, -0.05) is 140 Å². The molecule has 1 aliphatic rings. The van der Waals surface area contributed by atoms with Crippen LogP contribution in [-0.2, 0) is 6.54 Å². The second-order valence-corrected chi connectivity index (χ2v) is 12.3. The summed E-state index contributed by atoms with van der Waals surface area (Å²) in [6, 6.07) is 51.2. The molecule has 6 aromatic carbocycles. The molecule has 0 aliphatic carbocycles. The van der Waals surface area contributed by atoms with Gasteiger partial charge in [0.1, 0.15) is 0 Å². The quantitative estimate of drug-likeness (QED) is 0.121. The molecule has 5 heteroatoms. The summed E-state index contributed by atoms with van der Waals surface area (Å²) >= 11 is 0. The average Bonchev–Trinajstić information content (AvgIpc) is 3.16. The summed E-state index contributed by atoms with van der Waals surface area (Å²) in [6.45, 7) is 1.51. The highest BCUT2D eigenvalue weighted by atomic mass is 15.2. The van der Waals surface area contributed by atoms with Crippen LogP contribution >= 0.6 is 0 Å². The van der Waals surface area contributed by atoms with Crippen LogP contribution in [0, 0.1) is 0 Å². The molecule has 1 aromatic heterocycles. The van der Waals surface area contributed by atoms with Crippen LogP contribution in [0.3, 0.4) is 0 Å². The fourth-order valence-corrected chi connectivity index (χ4v) is 6.78. The van der Waals surface area contributed by atoms with Gasteiger partial charge in [0.05, 0.1) is 17.8 Å². The van der Waals surface area contributed by atoms with Gasteiger partial charge in [-0.15, -0.1) is 0 Å². The summed E-state index contributed by atoms with van der Waals surface area (Å²) in [7, 11) is 0. The molecular weight excluding hydrogens is 587 g/mol. The summed E-state index contributed by atoms with van der Waals surface area (Å²) in [6.07, 6.45) is 3.53. The molecule has 0 saturated carbocycles. The lowest BCUT2D eigenvalue weighted by atomic mass is 9.93. The van der Waals surface area contributed by atoms with Crippen molar-refractivity contribution in [1.82, 2.24) is 15.6 Å². The highest BCUT2D eigenvalue weighted by Gasteiger charge is 2.19. The number of aromatic nitrogens is 1. The van der Waals surface area contributed by atoms with Crippen LogP contribution in [0.15, 0.2) is 158 Å². The number of nitrogens with zero attached hydrogens (tertiary/aromatic N) is 1. The number of rotatable bonds is 9. The fourth-order valence-electron chi connectivity index (χ4n) is 6.78. The normalized spacial score (nSPS) is 13.8. The number of pyridine rings is 1. The Labute approximate surface area is 281 Å². The number of para-hydroxylation sites is 2. The zero-order valence-corrected chi connectivity index (χ0v) is 26.6. The van der Waals surface area contributed by atoms with Gasteiger partial charge < -0.3 is 11.1 Å². The predicted molar refractivity (Wildman–Crippen MR) is 199 cm³/mol. The summed E-state index contributed by atoms with van der Waals surface area (Å²) in [5.41, 5.74) is 18.4. The Kier molecular flexibility index (Phi) is 8.23. The Morgan fingerprint density at radius 3 is 2.27 bits per heavy atom. The van der Waals surface area contributed by atoms with E-state index in [0.29, 0.717) is 6.54 Å². The third-order valence-corrected chi connectivity index (χ3v) is 9.29. The largest absolute Gasteiger partial charge is 0.381 e. The van der Waals surface area contributed by atoms with E-state index in [1.165, 1.54) is 38.7 Å². The second-order valence-electron chi connectivity index (χ2n) is 12.3. The van der Waals surface area contributed by atoms with Gasteiger partial charge in [0.25, 0.3) is 0 Å². The van der Waals surface area contributed by atoms with Crippen molar-refractivity contribution in [2.24, 2.45) is 5.73 Å². The van der Waals surface area contributed by atoms with Gasteiger partial charge in [0, 0.05) is 41.5 Å². The van der Waals surface area contributed by atoms with E-state index in [9.17, 15) is 0 Å². The van der Waals surface area contributed by atoms with Crippen LogP contribution in [0.1, 0.15) is 40.1 Å². The average molecular weight is 624 g/mol. The van der Waals surface area contributed by atoms with E-state index in [0.717, 1.165) is 39.7 Å². The highest BCUT2D eigenvalue weighted by Crippen LogP contribution is 2.33. The monoisotopic (exact) mass is 623 g/mol. The molecule has 8 rings (SSSR count). The standard InChI is InChI=1S/C43H37N5/c44-42(34-23-21-32(22-24-34)37-14-6-10-33-11-7-26-46-41(33)37)48-43(39-15-5-9-30-8-1-2-12-35(30)39)47-28-29-17-19-31(20-18-29)36-25-27-45-40-16-4-3-13-38(36)40/h1-26,42-43,45,47-48H,27-28,44H2. The van der Waals surface area contributed by atoms with Crippen LogP contribution in [0.25, 0.3) is 38.4 Å². The summed E-state index contributed by atoms with van der Waals surface area (Å²) < 4.78 is 0. The maximum Gasteiger partial charge on any atom is 0.0858 e. The molecule has 48 heavy (non-hydrogen) atoms. The third-order valence-electron chi connectivity index (χ3n) is 9.29. The Morgan fingerprint density at radius 2 is 1.38 bits per heavy atom. The maximum atomic E-state index is 6.89. The maximum absolute atomic E-state index is 6.89. The van der Waals surface area contributed by atoms with Crippen molar-refractivity contribution in [3.8, 4) is 11.1 Å². The first-order valence-electron chi connectivity index (χ1n) is 16.5. The molecule has 1 aliphatic heterocycles. The molecule has 234 valence electrons. The van der Waals surface area contributed by atoms with Crippen molar-refractivity contribution >= 4 is 32.9 Å². The topological polar surface area (TPSA) is 75.0 Å². The van der Waals surface area contributed by atoms with E-state index in [4.69, 9.17) is 5.73 Å². The van der Waals surface area contributed by atoms with Crippen molar-refractivity contribution in [2.75, 3.05) is 11.9 Å². The molecule has 0 saturated heterocycles. The van der Waals surface area contributed by atoms with Crippen molar-refractivity contribution in [2.45, 2.75) is 18.9 Å². The van der Waals surface area contributed by atoms with Gasteiger partial charge in [-0.3, -0.25) is 15.6 Å². The highest BCUT2D eigenvalue weighted by molar-refractivity contribution is 5.93. The Balaban J connectivity index is 1.04. The zero-order chi connectivity index (χ0) is 32.3. The van der Waals surface area contributed by atoms with Crippen molar-refractivity contribution in [1.29, 1.82) is 0 Å². The molecule has 0 bridgehead atoms. The van der Waals surface area contributed by atoms with Crippen LogP contribution < -0.4 is 21.7 Å². The van der Waals surface area contributed by atoms with Crippen molar-refractivity contribution in [3.05, 3.63) is 186 Å².